The summed E-state index contributed by atoms with van der Waals surface area (Å²) in [5.41, 5.74) is 4.95. The maximum absolute atomic E-state index is 13.3. The molecule has 6 nitrogen and oxygen atoms in total. The second-order valence-electron chi connectivity index (χ2n) is 3.83. The second kappa shape index (κ2) is 7.49. The van der Waals surface area contributed by atoms with E-state index in [0.29, 0.717) is 0 Å². The maximum Gasteiger partial charge on any atom is 0.323 e. The number of carboxylic acid groups (broad SMARTS) is 1. The minimum atomic E-state index is -1.25. The van der Waals surface area contributed by atoms with E-state index in [2.05, 4.69) is 0 Å². The molecule has 0 aliphatic carbocycles. The van der Waals surface area contributed by atoms with Crippen LogP contribution in [0.5, 0.6) is 0 Å². The third-order valence-electron chi connectivity index (χ3n) is 2.21. The van der Waals surface area contributed by atoms with Crippen LogP contribution in [-0.2, 0) is 14.4 Å². The van der Waals surface area contributed by atoms with E-state index in [1.807, 2.05) is 0 Å². The Kier molecular flexibility index (Phi) is 5.98. The molecule has 0 radical (unpaired) electrons. The van der Waals surface area contributed by atoms with Crippen LogP contribution in [0.4, 0.5) is 4.39 Å². The first kappa shape index (κ1) is 16.0. The number of nitrogens with two attached hydrogens (primary N) is 1. The molecular formula is C12H13FN2O4S. The highest BCUT2D eigenvalue weighted by atomic mass is 32.2. The van der Waals surface area contributed by atoms with Gasteiger partial charge < -0.3 is 15.7 Å². The number of rotatable bonds is 7. The summed E-state index contributed by atoms with van der Waals surface area (Å²) in [7, 11) is 0. The number of aliphatic carboxylic acids is 1. The number of hydrogen-bond acceptors (Lipinski definition) is 4. The number of nitrogens with zero attached hydrogens (tertiary/aromatic N) is 1. The molecule has 0 bridgehead atoms. The Hall–Kier alpha value is -2.09. The lowest BCUT2D eigenvalue weighted by atomic mass is 10.3. The van der Waals surface area contributed by atoms with E-state index in [0.717, 1.165) is 16.7 Å². The summed E-state index contributed by atoms with van der Waals surface area (Å²) in [6.07, 6.45) is 0. The van der Waals surface area contributed by atoms with Gasteiger partial charge in [0.2, 0.25) is 11.8 Å². The van der Waals surface area contributed by atoms with Crippen molar-refractivity contribution >= 4 is 29.5 Å². The maximum atomic E-state index is 13.3. The summed E-state index contributed by atoms with van der Waals surface area (Å²) in [6.45, 7) is -1.11. The molecule has 1 aromatic rings. The first-order valence-corrected chi connectivity index (χ1v) is 6.54. The molecule has 0 atom stereocenters. The SMILES string of the molecule is NC(=O)CN(CC(=O)O)C(=O)CSc1ccccc1F. The largest absolute Gasteiger partial charge is 0.480 e. The zero-order valence-corrected chi connectivity index (χ0v) is 11.2. The molecule has 0 aliphatic rings. The number of hydrogen-bond donors (Lipinski definition) is 2. The third-order valence-corrected chi connectivity index (χ3v) is 3.25. The number of primary amides is 1. The fourth-order valence-electron chi connectivity index (χ4n) is 1.38. The minimum absolute atomic E-state index is 0.179. The molecule has 0 saturated carbocycles. The molecule has 3 N–H and O–H groups in total. The van der Waals surface area contributed by atoms with Crippen molar-refractivity contribution in [3.63, 3.8) is 0 Å². The molecule has 0 spiro atoms. The predicted molar refractivity (Wildman–Crippen MR) is 70.5 cm³/mol. The van der Waals surface area contributed by atoms with Crippen LogP contribution in [0.3, 0.4) is 0 Å². The molecule has 1 aromatic carbocycles. The Morgan fingerprint density at radius 2 is 1.90 bits per heavy atom. The van der Waals surface area contributed by atoms with Crippen LogP contribution in [0.25, 0.3) is 0 Å². The van der Waals surface area contributed by atoms with Crippen LogP contribution in [-0.4, -0.2) is 46.6 Å². The van der Waals surface area contributed by atoms with E-state index in [-0.39, 0.29) is 10.6 Å². The van der Waals surface area contributed by atoms with Crippen LogP contribution < -0.4 is 5.73 Å². The first-order valence-electron chi connectivity index (χ1n) is 5.55. The van der Waals surface area contributed by atoms with Gasteiger partial charge in [0.15, 0.2) is 0 Å². The van der Waals surface area contributed by atoms with Gasteiger partial charge in [0.05, 0.1) is 12.3 Å². The molecule has 20 heavy (non-hydrogen) atoms. The van der Waals surface area contributed by atoms with E-state index >= 15 is 0 Å². The van der Waals surface area contributed by atoms with Crippen molar-refractivity contribution in [1.82, 2.24) is 4.90 Å². The normalized spacial score (nSPS) is 10.1. The van der Waals surface area contributed by atoms with Crippen molar-refractivity contribution in [3.8, 4) is 0 Å². The van der Waals surface area contributed by atoms with E-state index in [1.165, 1.54) is 18.2 Å². The first-order chi connectivity index (χ1) is 9.40. The fourth-order valence-corrected chi connectivity index (χ4v) is 2.22. The van der Waals surface area contributed by atoms with E-state index in [4.69, 9.17) is 10.8 Å². The van der Waals surface area contributed by atoms with E-state index in [1.54, 1.807) is 6.07 Å². The summed E-state index contributed by atoms with van der Waals surface area (Å²) >= 11 is 0.926. The predicted octanol–water partition coefficient (Wildman–Crippen LogP) is 0.316. The average molecular weight is 300 g/mol. The molecule has 0 heterocycles. The number of amides is 2. The fraction of sp³-hybridized carbons (Fsp3) is 0.250. The second-order valence-corrected chi connectivity index (χ2v) is 4.85. The molecule has 0 fully saturated rings. The Labute approximate surface area is 118 Å². The van der Waals surface area contributed by atoms with Gasteiger partial charge in [0.1, 0.15) is 12.4 Å². The quantitative estimate of drug-likeness (QED) is 0.706. The van der Waals surface area contributed by atoms with Crippen molar-refractivity contribution in [2.24, 2.45) is 5.73 Å². The zero-order chi connectivity index (χ0) is 15.1. The smallest absolute Gasteiger partial charge is 0.323 e. The van der Waals surface area contributed by atoms with E-state index < -0.39 is 36.7 Å². The van der Waals surface area contributed by atoms with Gasteiger partial charge in [-0.2, -0.15) is 0 Å². The lowest BCUT2D eigenvalue weighted by Crippen LogP contribution is -2.42. The van der Waals surface area contributed by atoms with Gasteiger partial charge in [-0.1, -0.05) is 12.1 Å². The topological polar surface area (TPSA) is 101 Å². The number of benzene rings is 1. The Morgan fingerprint density at radius 1 is 1.25 bits per heavy atom. The van der Waals surface area contributed by atoms with Crippen LogP contribution in [0.1, 0.15) is 0 Å². The molecule has 0 saturated heterocycles. The molecule has 0 unspecified atom stereocenters. The Balaban J connectivity index is 2.64. The van der Waals surface area contributed by atoms with Gasteiger partial charge in [-0.25, -0.2) is 4.39 Å². The lowest BCUT2D eigenvalue weighted by molar-refractivity contribution is -0.144. The molecule has 0 aromatic heterocycles. The molecule has 108 valence electrons. The highest BCUT2D eigenvalue weighted by Gasteiger charge is 2.19. The lowest BCUT2D eigenvalue weighted by Gasteiger charge is -2.18. The van der Waals surface area contributed by atoms with Gasteiger partial charge in [0, 0.05) is 4.90 Å². The van der Waals surface area contributed by atoms with Crippen LogP contribution in [0.15, 0.2) is 29.2 Å². The standard InChI is InChI=1S/C12H13FN2O4S/c13-8-3-1-2-4-9(8)20-7-11(17)15(5-10(14)16)6-12(18)19/h1-4H,5-7H2,(H2,14,16)(H,18,19). The number of halogens is 1. The van der Waals surface area contributed by atoms with Crippen molar-refractivity contribution in [3.05, 3.63) is 30.1 Å². The molecule has 0 aliphatic heterocycles. The average Bonchev–Trinajstić information content (AvgIpc) is 2.35. The van der Waals surface area contributed by atoms with Gasteiger partial charge in [-0.15, -0.1) is 11.8 Å². The molecule has 1 rings (SSSR count). The van der Waals surface area contributed by atoms with Crippen LogP contribution >= 0.6 is 11.8 Å². The summed E-state index contributed by atoms with van der Waals surface area (Å²) < 4.78 is 13.3. The van der Waals surface area contributed by atoms with E-state index in [9.17, 15) is 18.8 Å². The summed E-state index contributed by atoms with van der Waals surface area (Å²) in [5.74, 6) is -3.31. The van der Waals surface area contributed by atoms with Crippen LogP contribution in [0.2, 0.25) is 0 Å². The molecule has 8 heteroatoms. The summed E-state index contributed by atoms with van der Waals surface area (Å²) in [6, 6.07) is 5.90. The Bertz CT molecular complexity index is 508. The number of carbonyl (C=O) groups is 3. The zero-order valence-electron chi connectivity index (χ0n) is 10.4. The van der Waals surface area contributed by atoms with Crippen molar-refractivity contribution in [1.29, 1.82) is 0 Å². The molecule has 2 amide bonds. The van der Waals surface area contributed by atoms with Crippen LogP contribution in [0, 0.1) is 5.82 Å². The highest BCUT2D eigenvalue weighted by molar-refractivity contribution is 8.00. The van der Waals surface area contributed by atoms with Gasteiger partial charge >= 0.3 is 5.97 Å². The highest BCUT2D eigenvalue weighted by Crippen LogP contribution is 2.21. The number of carboxylic acids is 1. The number of thioether (sulfide) groups is 1. The van der Waals surface area contributed by atoms with Gasteiger partial charge in [-0.3, -0.25) is 14.4 Å². The van der Waals surface area contributed by atoms with Crippen molar-refractivity contribution in [2.45, 2.75) is 4.90 Å². The van der Waals surface area contributed by atoms with Gasteiger partial charge in [-0.05, 0) is 12.1 Å². The summed E-state index contributed by atoms with van der Waals surface area (Å²) in [5, 5.41) is 8.66. The summed E-state index contributed by atoms with van der Waals surface area (Å²) in [4.78, 5) is 34.3. The third kappa shape index (κ3) is 5.27. The Morgan fingerprint density at radius 3 is 2.45 bits per heavy atom. The molecular weight excluding hydrogens is 287 g/mol. The monoisotopic (exact) mass is 300 g/mol. The number of carbonyl (C=O) groups excluding carboxylic acids is 2. The van der Waals surface area contributed by atoms with Gasteiger partial charge in [0.25, 0.3) is 0 Å². The minimum Gasteiger partial charge on any atom is -0.480 e. The van der Waals surface area contributed by atoms with Crippen molar-refractivity contribution < 1.29 is 23.9 Å². The van der Waals surface area contributed by atoms with Crippen molar-refractivity contribution in [2.75, 3.05) is 18.8 Å².